The average molecular weight is 387 g/mol. The molecule has 0 saturated carbocycles. The molecule has 26 heavy (non-hydrogen) atoms. The van der Waals surface area contributed by atoms with Crippen LogP contribution < -0.4 is 0 Å². The summed E-state index contributed by atoms with van der Waals surface area (Å²) in [5.41, 5.74) is 2.12. The Morgan fingerprint density at radius 3 is 3.12 bits per heavy atom. The van der Waals surface area contributed by atoms with E-state index < -0.39 is 0 Å². The number of nitrogens with zero attached hydrogens (tertiary/aromatic N) is 3. The maximum absolute atomic E-state index is 12.2. The molecule has 0 amide bonds. The third-order valence-electron chi connectivity index (χ3n) is 5.05. The van der Waals surface area contributed by atoms with Gasteiger partial charge in [-0.05, 0) is 48.9 Å². The van der Waals surface area contributed by atoms with Gasteiger partial charge in [-0.15, -0.1) is 21.5 Å². The van der Waals surface area contributed by atoms with E-state index in [0.717, 1.165) is 16.9 Å². The van der Waals surface area contributed by atoms with E-state index in [9.17, 15) is 4.79 Å². The molecule has 4 rings (SSSR count). The number of hydrogen-bond donors (Lipinski definition) is 1. The van der Waals surface area contributed by atoms with E-state index in [2.05, 4.69) is 28.2 Å². The van der Waals surface area contributed by atoms with Crippen molar-refractivity contribution in [3.05, 3.63) is 40.5 Å². The average Bonchev–Trinajstić information content (AvgIpc) is 3.38. The van der Waals surface area contributed by atoms with Crippen LogP contribution in [0.2, 0.25) is 0 Å². The number of rotatable bonds is 6. The first-order valence-corrected chi connectivity index (χ1v) is 10.8. The molecule has 3 heterocycles. The second kappa shape index (κ2) is 7.40. The number of ketones is 1. The zero-order valence-corrected chi connectivity index (χ0v) is 16.6. The van der Waals surface area contributed by atoms with Gasteiger partial charge in [-0.25, -0.2) is 0 Å². The Morgan fingerprint density at radius 2 is 2.35 bits per heavy atom. The summed E-state index contributed by atoms with van der Waals surface area (Å²) in [4.78, 5) is 17.8. The topological polar surface area (TPSA) is 63.6 Å². The number of thiophene rings is 1. The van der Waals surface area contributed by atoms with E-state index in [0.29, 0.717) is 11.4 Å². The van der Waals surface area contributed by atoms with E-state index in [1.54, 1.807) is 12.3 Å². The summed E-state index contributed by atoms with van der Waals surface area (Å²) in [7, 11) is 1.98. The summed E-state index contributed by atoms with van der Waals surface area (Å²) in [5.74, 6) is 2.13. The first kappa shape index (κ1) is 17.5. The van der Waals surface area contributed by atoms with Gasteiger partial charge in [-0.1, -0.05) is 25.1 Å². The van der Waals surface area contributed by atoms with Crippen molar-refractivity contribution in [2.75, 3.05) is 5.75 Å². The van der Waals surface area contributed by atoms with Crippen molar-refractivity contribution >= 4 is 28.9 Å². The minimum Gasteiger partial charge on any atom is -0.359 e. The van der Waals surface area contributed by atoms with Crippen LogP contribution in [0.4, 0.5) is 0 Å². The number of nitrogens with one attached hydrogen (secondary N) is 1. The Hall–Kier alpha value is -1.86. The summed E-state index contributed by atoms with van der Waals surface area (Å²) in [6.07, 6.45) is 6.68. The lowest BCUT2D eigenvalue weighted by Gasteiger charge is -2.19. The van der Waals surface area contributed by atoms with E-state index >= 15 is 0 Å². The number of fused-ring (bicyclic) bond motifs is 1. The fraction of sp³-hybridized carbons (Fsp3) is 0.421. The van der Waals surface area contributed by atoms with Crippen molar-refractivity contribution in [2.24, 2.45) is 13.0 Å². The molecule has 7 heteroatoms. The van der Waals surface area contributed by atoms with Crippen molar-refractivity contribution in [1.82, 2.24) is 19.7 Å². The van der Waals surface area contributed by atoms with Gasteiger partial charge >= 0.3 is 0 Å². The highest BCUT2D eigenvalue weighted by atomic mass is 32.2. The SMILES string of the molecule is CCC1CCc2sc(-c3nnc(SCC(=O)c4ccc[nH]4)n3C)cc2C1. The second-order valence-corrected chi connectivity index (χ2v) is 8.82. The van der Waals surface area contributed by atoms with Crippen LogP contribution in [0.15, 0.2) is 29.6 Å². The fourth-order valence-electron chi connectivity index (χ4n) is 3.42. The maximum Gasteiger partial charge on any atom is 0.191 e. The largest absolute Gasteiger partial charge is 0.359 e. The fourth-order valence-corrected chi connectivity index (χ4v) is 5.45. The van der Waals surface area contributed by atoms with Gasteiger partial charge in [-0.2, -0.15) is 0 Å². The van der Waals surface area contributed by atoms with E-state index in [1.165, 1.54) is 52.8 Å². The summed E-state index contributed by atoms with van der Waals surface area (Å²) in [6.45, 7) is 2.28. The van der Waals surface area contributed by atoms with Gasteiger partial charge in [0.05, 0.1) is 16.3 Å². The molecule has 0 aliphatic heterocycles. The number of carbonyl (C=O) groups excluding carboxylic acids is 1. The minimum absolute atomic E-state index is 0.0711. The zero-order valence-electron chi connectivity index (χ0n) is 15.0. The van der Waals surface area contributed by atoms with Crippen LogP contribution in [0.25, 0.3) is 10.7 Å². The van der Waals surface area contributed by atoms with Gasteiger partial charge in [-0.3, -0.25) is 4.79 Å². The molecule has 0 aromatic carbocycles. The predicted octanol–water partition coefficient (Wildman–Crippen LogP) is 4.36. The Morgan fingerprint density at radius 1 is 1.46 bits per heavy atom. The molecular weight excluding hydrogens is 364 g/mol. The number of aryl methyl sites for hydroxylation is 1. The van der Waals surface area contributed by atoms with Crippen LogP contribution in [0.5, 0.6) is 0 Å². The molecule has 1 unspecified atom stereocenters. The van der Waals surface area contributed by atoms with Crippen molar-refractivity contribution in [2.45, 2.75) is 37.8 Å². The maximum atomic E-state index is 12.2. The lowest BCUT2D eigenvalue weighted by Crippen LogP contribution is -2.10. The molecule has 0 radical (unpaired) electrons. The summed E-state index contributed by atoms with van der Waals surface area (Å²) < 4.78 is 2.00. The van der Waals surface area contributed by atoms with Gasteiger partial charge in [0, 0.05) is 18.1 Å². The summed E-state index contributed by atoms with van der Waals surface area (Å²) in [5, 5.41) is 9.47. The molecule has 0 fully saturated rings. The van der Waals surface area contributed by atoms with Crippen LogP contribution in [-0.4, -0.2) is 31.3 Å². The summed E-state index contributed by atoms with van der Waals surface area (Å²) >= 11 is 3.28. The van der Waals surface area contributed by atoms with Crippen molar-refractivity contribution in [1.29, 1.82) is 0 Å². The van der Waals surface area contributed by atoms with Gasteiger partial charge in [0.25, 0.3) is 0 Å². The van der Waals surface area contributed by atoms with Crippen LogP contribution in [0.3, 0.4) is 0 Å². The van der Waals surface area contributed by atoms with Crippen LogP contribution in [0, 0.1) is 5.92 Å². The quantitative estimate of drug-likeness (QED) is 0.505. The molecule has 1 aliphatic rings. The minimum atomic E-state index is 0.0711. The lowest BCUT2D eigenvalue weighted by molar-refractivity contribution is 0.101. The highest BCUT2D eigenvalue weighted by molar-refractivity contribution is 7.99. The molecule has 0 bridgehead atoms. The molecular formula is C19H22N4OS2. The van der Waals surface area contributed by atoms with Gasteiger partial charge in [0.15, 0.2) is 16.8 Å². The number of thioether (sulfide) groups is 1. The Labute approximate surface area is 161 Å². The van der Waals surface area contributed by atoms with Crippen LogP contribution in [0.1, 0.15) is 40.7 Å². The Bertz CT molecular complexity index is 910. The van der Waals surface area contributed by atoms with E-state index in [-0.39, 0.29) is 5.78 Å². The van der Waals surface area contributed by atoms with Crippen molar-refractivity contribution in [3.8, 4) is 10.7 Å². The Balaban J connectivity index is 1.49. The zero-order chi connectivity index (χ0) is 18.1. The third kappa shape index (κ3) is 3.38. The number of hydrogen-bond acceptors (Lipinski definition) is 5. The summed E-state index contributed by atoms with van der Waals surface area (Å²) in [6, 6.07) is 5.93. The smallest absolute Gasteiger partial charge is 0.191 e. The number of aromatic nitrogens is 4. The van der Waals surface area contributed by atoms with E-state index in [1.807, 2.05) is 29.0 Å². The number of Topliss-reactive ketones (excluding diaryl/α,β-unsaturated/α-hetero) is 1. The van der Waals surface area contributed by atoms with Crippen molar-refractivity contribution in [3.63, 3.8) is 0 Å². The monoisotopic (exact) mass is 386 g/mol. The first-order valence-electron chi connectivity index (χ1n) is 8.96. The van der Waals surface area contributed by atoms with Gasteiger partial charge in [0.2, 0.25) is 0 Å². The molecule has 3 aromatic rings. The number of aromatic amines is 1. The molecule has 3 aromatic heterocycles. The molecule has 136 valence electrons. The molecule has 5 nitrogen and oxygen atoms in total. The highest BCUT2D eigenvalue weighted by Gasteiger charge is 2.22. The van der Waals surface area contributed by atoms with Crippen LogP contribution in [-0.2, 0) is 19.9 Å². The second-order valence-electron chi connectivity index (χ2n) is 6.74. The van der Waals surface area contributed by atoms with Gasteiger partial charge < -0.3 is 9.55 Å². The molecule has 0 spiro atoms. The normalized spacial score (nSPS) is 16.6. The Kier molecular flexibility index (Phi) is 5.00. The lowest BCUT2D eigenvalue weighted by atomic mass is 9.87. The molecule has 1 aliphatic carbocycles. The molecule has 1 N–H and O–H groups in total. The predicted molar refractivity (Wildman–Crippen MR) is 106 cm³/mol. The highest BCUT2D eigenvalue weighted by Crippen LogP contribution is 2.38. The third-order valence-corrected chi connectivity index (χ3v) is 7.30. The molecule has 0 saturated heterocycles. The van der Waals surface area contributed by atoms with E-state index in [4.69, 9.17) is 0 Å². The first-order chi connectivity index (χ1) is 12.7. The van der Waals surface area contributed by atoms with Crippen molar-refractivity contribution < 1.29 is 4.79 Å². The molecule has 1 atom stereocenters. The van der Waals surface area contributed by atoms with Crippen LogP contribution >= 0.6 is 23.1 Å². The number of H-pyrrole nitrogens is 1. The number of carbonyl (C=O) groups is 1. The standard InChI is InChI=1S/C19H22N4OS2/c1-3-12-6-7-16-13(9-12)10-17(26-16)18-21-22-19(23(18)2)25-11-15(24)14-5-4-8-20-14/h4-5,8,10,12,20H,3,6-7,9,11H2,1-2H3. The van der Waals surface area contributed by atoms with Gasteiger partial charge in [0.1, 0.15) is 0 Å².